The van der Waals surface area contributed by atoms with Crippen molar-refractivity contribution in [2.75, 3.05) is 0 Å². The number of hydrogen-bond donors (Lipinski definition) is 0. The van der Waals surface area contributed by atoms with Gasteiger partial charge >= 0.3 is 0 Å². The average Bonchev–Trinajstić information content (AvgIpc) is 2.16. The molecule has 0 unspecified atom stereocenters. The molecule has 0 spiro atoms. The van der Waals surface area contributed by atoms with E-state index >= 15 is 0 Å². The van der Waals surface area contributed by atoms with Crippen LogP contribution in [-0.4, -0.2) is 11.6 Å². The highest BCUT2D eigenvalue weighted by atomic mass is 16.2. The lowest BCUT2D eigenvalue weighted by molar-refractivity contribution is -0.137. The number of rotatable bonds is 1. The van der Waals surface area contributed by atoms with Crippen molar-refractivity contribution in [2.45, 2.75) is 39.5 Å². The maximum Gasteiger partial charge on any atom is 0.147 e. The first-order valence-electron chi connectivity index (χ1n) is 5.91. The predicted molar refractivity (Wildman–Crippen MR) is 63.0 cm³/mol. The van der Waals surface area contributed by atoms with Gasteiger partial charge in [-0.05, 0) is 18.3 Å². The zero-order valence-electron chi connectivity index (χ0n) is 9.95. The van der Waals surface area contributed by atoms with Gasteiger partial charge in [-0.2, -0.15) is 0 Å². The summed E-state index contributed by atoms with van der Waals surface area (Å²) >= 11 is 0. The monoisotopic (exact) mass is 218 g/mol. The first-order chi connectivity index (χ1) is 7.49. The molecule has 2 aliphatic rings. The zero-order chi connectivity index (χ0) is 11.8. The molecule has 2 aliphatic carbocycles. The molecule has 0 aromatic heterocycles. The lowest BCUT2D eigenvalue weighted by atomic mass is 9.68. The van der Waals surface area contributed by atoms with Gasteiger partial charge in [-0.1, -0.05) is 37.6 Å². The quantitative estimate of drug-likeness (QED) is 0.634. The van der Waals surface area contributed by atoms with E-state index in [1.807, 2.05) is 26.0 Å². The fraction of sp³-hybridized carbons (Fsp3) is 0.571. The third-order valence-corrected chi connectivity index (χ3v) is 3.37. The van der Waals surface area contributed by atoms with Crippen molar-refractivity contribution in [3.8, 4) is 0 Å². The molecule has 0 bridgehead atoms. The molecule has 16 heavy (non-hydrogen) atoms. The van der Waals surface area contributed by atoms with E-state index in [1.54, 1.807) is 0 Å². The van der Waals surface area contributed by atoms with Gasteiger partial charge in [-0.15, -0.1) is 0 Å². The Morgan fingerprint density at radius 3 is 2.31 bits per heavy atom. The summed E-state index contributed by atoms with van der Waals surface area (Å²) in [6, 6.07) is 0. The minimum absolute atomic E-state index is 0.114. The Bertz CT molecular complexity index is 366. The van der Waals surface area contributed by atoms with Crippen molar-refractivity contribution >= 4 is 11.6 Å². The number of carbonyl (C=O) groups is 2. The molecule has 0 aromatic rings. The second-order valence-electron chi connectivity index (χ2n) is 5.59. The summed E-state index contributed by atoms with van der Waals surface area (Å²) in [7, 11) is 0. The first kappa shape index (κ1) is 11.3. The molecule has 2 heteroatoms. The third-order valence-electron chi connectivity index (χ3n) is 3.37. The summed E-state index contributed by atoms with van der Waals surface area (Å²) in [5.41, 5.74) is 0.878. The summed E-state index contributed by atoms with van der Waals surface area (Å²) in [6.45, 7) is 3.99. The van der Waals surface area contributed by atoms with E-state index in [4.69, 9.17) is 0 Å². The number of allylic oxidation sites excluding steroid dienone is 4. The Morgan fingerprint density at radius 2 is 1.81 bits per heavy atom. The molecule has 2 nitrogen and oxygen atoms in total. The summed E-state index contributed by atoms with van der Waals surface area (Å²) in [4.78, 5) is 24.1. The highest BCUT2D eigenvalue weighted by molar-refractivity contribution is 6.07. The van der Waals surface area contributed by atoms with Gasteiger partial charge < -0.3 is 0 Å². The van der Waals surface area contributed by atoms with Gasteiger partial charge in [0.05, 0.1) is 5.92 Å². The SMILES string of the molecule is CC1(C)CC(=O)C(C2=CC=CCC2)C(=O)C1. The van der Waals surface area contributed by atoms with Crippen molar-refractivity contribution in [2.24, 2.45) is 11.3 Å². The second kappa shape index (κ2) is 4.00. The van der Waals surface area contributed by atoms with Crippen LogP contribution in [0, 0.1) is 11.3 Å². The molecule has 2 rings (SSSR count). The van der Waals surface area contributed by atoms with Crippen LogP contribution in [0.2, 0.25) is 0 Å². The number of ketones is 2. The van der Waals surface area contributed by atoms with Gasteiger partial charge in [0.25, 0.3) is 0 Å². The minimum Gasteiger partial charge on any atom is -0.299 e. The molecule has 0 atom stereocenters. The summed E-state index contributed by atoms with van der Waals surface area (Å²) in [5.74, 6) is -0.205. The van der Waals surface area contributed by atoms with E-state index < -0.39 is 5.92 Å². The Balaban J connectivity index is 2.22. The van der Waals surface area contributed by atoms with Crippen LogP contribution >= 0.6 is 0 Å². The molecular weight excluding hydrogens is 200 g/mol. The molecule has 1 saturated carbocycles. The molecule has 0 aliphatic heterocycles. The summed E-state index contributed by atoms with van der Waals surface area (Å²) < 4.78 is 0. The topological polar surface area (TPSA) is 34.1 Å². The Labute approximate surface area is 96.4 Å². The van der Waals surface area contributed by atoms with Crippen LogP contribution < -0.4 is 0 Å². The highest BCUT2D eigenvalue weighted by Gasteiger charge is 2.40. The largest absolute Gasteiger partial charge is 0.299 e. The first-order valence-corrected chi connectivity index (χ1v) is 5.91. The molecule has 0 radical (unpaired) electrons. The molecule has 0 N–H and O–H groups in total. The standard InChI is InChI=1S/C14H18O2/c1-14(2)8-11(15)13(12(16)9-14)10-6-4-3-5-7-10/h3-4,6,13H,5,7-9H2,1-2H3. The van der Waals surface area contributed by atoms with E-state index in [0.29, 0.717) is 12.8 Å². The summed E-state index contributed by atoms with van der Waals surface area (Å²) in [6.07, 6.45) is 8.85. The number of Topliss-reactive ketones (excluding diaryl/α,β-unsaturated/α-hetero) is 2. The van der Waals surface area contributed by atoms with Crippen molar-refractivity contribution in [3.05, 3.63) is 23.8 Å². The van der Waals surface area contributed by atoms with E-state index in [1.165, 1.54) is 0 Å². The van der Waals surface area contributed by atoms with Crippen LogP contribution in [-0.2, 0) is 9.59 Å². The van der Waals surface area contributed by atoms with Crippen molar-refractivity contribution in [1.82, 2.24) is 0 Å². The third kappa shape index (κ3) is 2.16. The maximum absolute atomic E-state index is 12.0. The van der Waals surface area contributed by atoms with Gasteiger partial charge in [0.2, 0.25) is 0 Å². The van der Waals surface area contributed by atoms with Crippen LogP contribution in [0.15, 0.2) is 23.8 Å². The Hall–Kier alpha value is -1.18. The smallest absolute Gasteiger partial charge is 0.147 e. The Kier molecular flexibility index (Phi) is 2.83. The fourth-order valence-corrected chi connectivity index (χ4v) is 2.66. The lowest BCUT2D eigenvalue weighted by Crippen LogP contribution is -2.38. The van der Waals surface area contributed by atoms with Crippen LogP contribution in [0.1, 0.15) is 39.5 Å². The van der Waals surface area contributed by atoms with Crippen molar-refractivity contribution in [3.63, 3.8) is 0 Å². The molecule has 86 valence electrons. The predicted octanol–water partition coefficient (Wildman–Crippen LogP) is 2.84. The number of hydrogen-bond acceptors (Lipinski definition) is 2. The average molecular weight is 218 g/mol. The molecule has 0 aromatic carbocycles. The van der Waals surface area contributed by atoms with E-state index in [9.17, 15) is 9.59 Å². The van der Waals surface area contributed by atoms with Crippen LogP contribution in [0.3, 0.4) is 0 Å². The van der Waals surface area contributed by atoms with Crippen LogP contribution in [0.25, 0.3) is 0 Å². The normalized spacial score (nSPS) is 25.8. The lowest BCUT2D eigenvalue weighted by Gasteiger charge is -2.33. The maximum atomic E-state index is 12.0. The van der Waals surface area contributed by atoms with Gasteiger partial charge in [0.15, 0.2) is 0 Å². The zero-order valence-corrected chi connectivity index (χ0v) is 9.95. The molecular formula is C14H18O2. The molecule has 0 amide bonds. The van der Waals surface area contributed by atoms with E-state index in [2.05, 4.69) is 6.08 Å². The second-order valence-corrected chi connectivity index (χ2v) is 5.59. The van der Waals surface area contributed by atoms with Crippen LogP contribution in [0.5, 0.6) is 0 Å². The van der Waals surface area contributed by atoms with Gasteiger partial charge in [-0.3, -0.25) is 9.59 Å². The molecule has 0 heterocycles. The molecule has 1 fully saturated rings. The van der Waals surface area contributed by atoms with E-state index in [0.717, 1.165) is 18.4 Å². The molecule has 0 saturated heterocycles. The highest BCUT2D eigenvalue weighted by Crippen LogP contribution is 2.37. The van der Waals surface area contributed by atoms with Gasteiger partial charge in [0, 0.05) is 12.8 Å². The van der Waals surface area contributed by atoms with Crippen molar-refractivity contribution in [1.29, 1.82) is 0 Å². The number of carbonyl (C=O) groups excluding carboxylic acids is 2. The Morgan fingerprint density at radius 1 is 1.19 bits per heavy atom. The summed E-state index contributed by atoms with van der Waals surface area (Å²) in [5, 5.41) is 0. The van der Waals surface area contributed by atoms with Gasteiger partial charge in [-0.25, -0.2) is 0 Å². The van der Waals surface area contributed by atoms with Crippen LogP contribution in [0.4, 0.5) is 0 Å². The van der Waals surface area contributed by atoms with E-state index in [-0.39, 0.29) is 17.0 Å². The fourth-order valence-electron chi connectivity index (χ4n) is 2.66. The van der Waals surface area contributed by atoms with Gasteiger partial charge in [0.1, 0.15) is 11.6 Å². The van der Waals surface area contributed by atoms with Crippen molar-refractivity contribution < 1.29 is 9.59 Å². The minimum atomic E-state index is -0.432.